The molecule has 1 unspecified atom stereocenters. The van der Waals surface area contributed by atoms with Crippen molar-refractivity contribution >= 4 is 22.6 Å². The lowest BCUT2D eigenvalue weighted by Crippen LogP contribution is -2.19. The van der Waals surface area contributed by atoms with Crippen LogP contribution in [-0.2, 0) is 11.0 Å². The van der Waals surface area contributed by atoms with Gasteiger partial charge in [0.05, 0.1) is 27.7 Å². The number of nitrogens with one attached hydrogen (secondary N) is 3. The van der Waals surface area contributed by atoms with E-state index in [1.165, 1.54) is 26.1 Å². The van der Waals surface area contributed by atoms with Gasteiger partial charge >= 0.3 is 6.18 Å². The van der Waals surface area contributed by atoms with Crippen LogP contribution in [0.3, 0.4) is 0 Å². The van der Waals surface area contributed by atoms with Crippen molar-refractivity contribution in [1.29, 1.82) is 0 Å². The van der Waals surface area contributed by atoms with Gasteiger partial charge < -0.3 is 20.4 Å². The lowest BCUT2D eigenvalue weighted by molar-refractivity contribution is -0.138. The molecule has 1 aliphatic rings. The Morgan fingerprint density at radius 2 is 1.88 bits per heavy atom. The topological polar surface area (TPSA) is 109 Å². The van der Waals surface area contributed by atoms with E-state index in [1.54, 1.807) is 0 Å². The first kappa shape index (κ1) is 27.0. The molecular weight excluding hydrogens is 537 g/mol. The monoisotopic (exact) mass is 559 g/mol. The highest BCUT2D eigenvalue weighted by Crippen LogP contribution is 2.41. The number of pyridine rings is 3. The van der Waals surface area contributed by atoms with E-state index in [0.29, 0.717) is 25.7 Å². The Hall–Kier alpha value is -4.55. The zero-order valence-corrected chi connectivity index (χ0v) is 21.2. The maximum absolute atomic E-state index is 14.2. The van der Waals surface area contributed by atoms with E-state index in [1.807, 2.05) is 0 Å². The van der Waals surface area contributed by atoms with Crippen molar-refractivity contribution in [1.82, 2.24) is 20.3 Å². The van der Waals surface area contributed by atoms with E-state index in [2.05, 4.69) is 25.6 Å². The van der Waals surface area contributed by atoms with Gasteiger partial charge in [-0.3, -0.25) is 9.59 Å². The third-order valence-corrected chi connectivity index (χ3v) is 6.74. The summed E-state index contributed by atoms with van der Waals surface area (Å²) in [6.07, 6.45) is -2.43. The van der Waals surface area contributed by atoms with Gasteiger partial charge in [0, 0.05) is 49.5 Å². The highest BCUT2D eigenvalue weighted by atomic mass is 19.4. The molecule has 0 saturated carbocycles. The van der Waals surface area contributed by atoms with Gasteiger partial charge in [-0.25, -0.2) is 18.7 Å². The van der Waals surface area contributed by atoms with Crippen LogP contribution in [0.4, 0.5) is 27.8 Å². The summed E-state index contributed by atoms with van der Waals surface area (Å²) in [6.45, 7) is 3.30. The molecule has 1 aliphatic heterocycles. The number of benzene rings is 1. The van der Waals surface area contributed by atoms with Crippen LogP contribution in [0.2, 0.25) is 0 Å². The quantitative estimate of drug-likeness (QED) is 0.279. The van der Waals surface area contributed by atoms with E-state index < -0.39 is 28.8 Å². The SMILES string of the molecule is Cc1c(Oc2ncc(C(F)(F)F)c(C)c2-c2cc(=O)c3c(NCC4CNC(=O)C4)nccc3[nH]2)ccc(F)c1F. The van der Waals surface area contributed by atoms with Crippen LogP contribution in [0.15, 0.2) is 41.5 Å². The van der Waals surface area contributed by atoms with Crippen LogP contribution in [0.25, 0.3) is 22.2 Å². The van der Waals surface area contributed by atoms with Gasteiger partial charge in [0.15, 0.2) is 17.1 Å². The minimum absolute atomic E-state index is 0.00112. The molecule has 0 bridgehead atoms. The highest BCUT2D eigenvalue weighted by molar-refractivity contribution is 5.91. The highest BCUT2D eigenvalue weighted by Gasteiger charge is 2.35. The minimum atomic E-state index is -4.77. The predicted octanol–water partition coefficient (Wildman–Crippen LogP) is 5.24. The maximum Gasteiger partial charge on any atom is 0.418 e. The molecule has 1 aromatic carbocycles. The van der Waals surface area contributed by atoms with Crippen molar-refractivity contribution in [3.8, 4) is 22.9 Å². The Morgan fingerprint density at radius 3 is 2.58 bits per heavy atom. The van der Waals surface area contributed by atoms with Gasteiger partial charge in [0.1, 0.15) is 11.6 Å². The van der Waals surface area contributed by atoms with Crippen LogP contribution in [-0.4, -0.2) is 33.9 Å². The zero-order valence-electron chi connectivity index (χ0n) is 21.2. The minimum Gasteiger partial charge on any atom is -0.438 e. The number of H-pyrrole nitrogens is 1. The van der Waals surface area contributed by atoms with E-state index >= 15 is 0 Å². The van der Waals surface area contributed by atoms with E-state index in [-0.39, 0.29) is 62.6 Å². The zero-order chi connectivity index (χ0) is 28.8. The second-order valence-electron chi connectivity index (χ2n) is 9.45. The third-order valence-electron chi connectivity index (χ3n) is 6.74. The van der Waals surface area contributed by atoms with Crippen molar-refractivity contribution in [2.45, 2.75) is 26.4 Å². The van der Waals surface area contributed by atoms with Gasteiger partial charge in [0.2, 0.25) is 11.8 Å². The molecule has 3 N–H and O–H groups in total. The van der Waals surface area contributed by atoms with E-state index in [0.717, 1.165) is 18.2 Å². The van der Waals surface area contributed by atoms with Crippen LogP contribution in [0, 0.1) is 31.4 Å². The molecule has 4 aromatic rings. The summed E-state index contributed by atoms with van der Waals surface area (Å²) in [5.74, 6) is -2.62. The van der Waals surface area contributed by atoms with E-state index in [9.17, 15) is 31.5 Å². The molecule has 8 nitrogen and oxygen atoms in total. The molecule has 0 radical (unpaired) electrons. The summed E-state index contributed by atoms with van der Waals surface area (Å²) >= 11 is 0. The Kier molecular flexibility index (Phi) is 6.90. The lowest BCUT2D eigenvalue weighted by atomic mass is 10.0. The van der Waals surface area contributed by atoms with Crippen molar-refractivity contribution in [3.05, 3.63) is 75.2 Å². The molecule has 1 atom stereocenters. The summed E-state index contributed by atoms with van der Waals surface area (Å²) in [6, 6.07) is 4.55. The molecule has 1 amide bonds. The predicted molar refractivity (Wildman–Crippen MR) is 136 cm³/mol. The summed E-state index contributed by atoms with van der Waals surface area (Å²) in [4.78, 5) is 35.8. The number of anilines is 1. The largest absolute Gasteiger partial charge is 0.438 e. The Balaban J connectivity index is 1.61. The number of hydrogen-bond acceptors (Lipinski definition) is 6. The van der Waals surface area contributed by atoms with Crippen molar-refractivity contribution in [2.24, 2.45) is 5.92 Å². The summed E-state index contributed by atoms with van der Waals surface area (Å²) in [5, 5.41) is 5.97. The van der Waals surface area contributed by atoms with Gasteiger partial charge in [-0.2, -0.15) is 13.2 Å². The fourth-order valence-corrected chi connectivity index (χ4v) is 4.63. The maximum atomic E-state index is 14.2. The van der Waals surface area contributed by atoms with Gasteiger partial charge in [-0.05, 0) is 37.6 Å². The van der Waals surface area contributed by atoms with Crippen LogP contribution < -0.4 is 20.8 Å². The normalized spacial score (nSPS) is 15.4. The number of amides is 1. The molecule has 1 saturated heterocycles. The Labute approximate surface area is 223 Å². The third kappa shape index (κ3) is 5.06. The molecule has 208 valence electrons. The first-order valence-corrected chi connectivity index (χ1v) is 12.2. The number of rotatable bonds is 6. The molecule has 40 heavy (non-hydrogen) atoms. The average Bonchev–Trinajstić information content (AvgIpc) is 3.31. The van der Waals surface area contributed by atoms with Crippen molar-refractivity contribution in [2.75, 3.05) is 18.4 Å². The molecular formula is C27H22F5N5O3. The number of aromatic nitrogens is 3. The number of halogens is 5. The van der Waals surface area contributed by atoms with Crippen molar-refractivity contribution in [3.63, 3.8) is 0 Å². The molecule has 4 heterocycles. The standard InChI is InChI=1S/C27H22F5N5O3/c1-12-15(27(30,31)32)11-36-26(40-20-4-3-16(28)24(29)13(20)2)22(12)18-8-19(38)23-17(37-18)5-6-33-25(23)35-10-14-7-21(39)34-9-14/h3-6,8,11,14H,7,9-10H2,1-2H3,(H,33,35)(H,34,39)(H,37,38). The van der Waals surface area contributed by atoms with Crippen LogP contribution in [0.1, 0.15) is 23.1 Å². The number of hydrogen-bond donors (Lipinski definition) is 3. The molecule has 0 spiro atoms. The number of ether oxygens (including phenoxy) is 1. The van der Waals surface area contributed by atoms with Crippen molar-refractivity contribution < 1.29 is 31.5 Å². The number of alkyl halides is 3. The number of nitrogens with zero attached hydrogens (tertiary/aromatic N) is 2. The van der Waals surface area contributed by atoms with Gasteiger partial charge in [0.25, 0.3) is 0 Å². The summed E-state index contributed by atoms with van der Waals surface area (Å²) in [7, 11) is 0. The number of carbonyl (C=O) groups is 1. The second kappa shape index (κ2) is 10.2. The van der Waals surface area contributed by atoms with Crippen LogP contribution >= 0.6 is 0 Å². The first-order valence-electron chi connectivity index (χ1n) is 12.2. The number of fused-ring (bicyclic) bond motifs is 1. The summed E-state index contributed by atoms with van der Waals surface area (Å²) in [5.41, 5.74) is -2.06. The Bertz CT molecular complexity index is 1700. The number of carbonyl (C=O) groups excluding carboxylic acids is 1. The molecule has 3 aromatic heterocycles. The second-order valence-corrected chi connectivity index (χ2v) is 9.45. The van der Waals surface area contributed by atoms with Gasteiger partial charge in [-0.15, -0.1) is 0 Å². The summed E-state index contributed by atoms with van der Waals surface area (Å²) < 4.78 is 74.9. The molecule has 1 fully saturated rings. The molecule has 5 rings (SSSR count). The smallest absolute Gasteiger partial charge is 0.418 e. The molecule has 0 aliphatic carbocycles. The average molecular weight is 559 g/mol. The lowest BCUT2D eigenvalue weighted by Gasteiger charge is -2.19. The number of aromatic amines is 1. The van der Waals surface area contributed by atoms with Gasteiger partial charge in [-0.1, -0.05) is 0 Å². The van der Waals surface area contributed by atoms with Crippen LogP contribution in [0.5, 0.6) is 11.6 Å². The van der Waals surface area contributed by atoms with E-state index in [4.69, 9.17) is 4.74 Å². The fraction of sp³-hybridized carbons (Fsp3) is 0.259. The fourth-order valence-electron chi connectivity index (χ4n) is 4.63. The Morgan fingerprint density at radius 1 is 1.10 bits per heavy atom. The first-order chi connectivity index (χ1) is 18.9. The molecule has 13 heteroatoms.